The number of ether oxygens (including phenoxy) is 1. The van der Waals surface area contributed by atoms with Crippen LogP contribution < -0.4 is 16.4 Å². The van der Waals surface area contributed by atoms with Crippen LogP contribution in [0, 0.1) is 0 Å². The molecule has 1 aliphatic rings. The first-order valence-electron chi connectivity index (χ1n) is 7.37. The summed E-state index contributed by atoms with van der Waals surface area (Å²) in [6.07, 6.45) is 1.25. The smallest absolute Gasteiger partial charge is 0.340 e. The third-order valence-corrected chi connectivity index (χ3v) is 3.54. The Morgan fingerprint density at radius 2 is 1.88 bits per heavy atom. The van der Waals surface area contributed by atoms with E-state index >= 15 is 0 Å². The molecule has 0 radical (unpaired) electrons. The van der Waals surface area contributed by atoms with Gasteiger partial charge in [0.05, 0.1) is 11.3 Å². The van der Waals surface area contributed by atoms with E-state index in [1.54, 1.807) is 29.2 Å². The van der Waals surface area contributed by atoms with Gasteiger partial charge in [-0.3, -0.25) is 4.79 Å². The normalized spacial score (nSPS) is 14.0. The Bertz CT molecular complexity index is 774. The van der Waals surface area contributed by atoms with Gasteiger partial charge in [0.15, 0.2) is 12.4 Å². The molecule has 0 spiro atoms. The molecule has 1 aromatic heterocycles. The van der Waals surface area contributed by atoms with Crippen molar-refractivity contribution in [3.05, 3.63) is 35.7 Å². The molecule has 24 heavy (non-hydrogen) atoms. The van der Waals surface area contributed by atoms with Gasteiger partial charge in [-0.2, -0.15) is 15.0 Å². The first-order valence-corrected chi connectivity index (χ1v) is 7.37. The molecule has 4 N–H and O–H groups in total. The number of nitrogen functional groups attached to an aromatic ring is 2. The summed E-state index contributed by atoms with van der Waals surface area (Å²) in [5.41, 5.74) is 11.8. The Kier molecular flexibility index (Phi) is 4.23. The molecular formula is C15H16N6O3. The van der Waals surface area contributed by atoms with Crippen molar-refractivity contribution >= 4 is 29.5 Å². The van der Waals surface area contributed by atoms with Gasteiger partial charge in [0, 0.05) is 13.0 Å². The quantitative estimate of drug-likeness (QED) is 0.775. The minimum Gasteiger partial charge on any atom is -0.454 e. The molecule has 0 aliphatic carbocycles. The van der Waals surface area contributed by atoms with Crippen molar-refractivity contribution in [1.29, 1.82) is 0 Å². The standard InChI is InChI=1S/C15H16N6O3/c16-14-18-11(19-15(17)20-14)8-24-13(23)9-4-1-2-5-10(9)21-7-3-6-12(21)22/h1-2,4-5H,3,6-8H2,(H4,16,17,18,19,20). The second-order valence-corrected chi connectivity index (χ2v) is 5.21. The summed E-state index contributed by atoms with van der Waals surface area (Å²) in [4.78, 5) is 37.2. The van der Waals surface area contributed by atoms with E-state index in [1.807, 2.05) is 0 Å². The van der Waals surface area contributed by atoms with Crippen molar-refractivity contribution in [3.63, 3.8) is 0 Å². The average Bonchev–Trinajstić information content (AvgIpc) is 2.97. The van der Waals surface area contributed by atoms with Crippen molar-refractivity contribution in [1.82, 2.24) is 15.0 Å². The summed E-state index contributed by atoms with van der Waals surface area (Å²) in [6.45, 7) is 0.391. The molecule has 1 saturated heterocycles. The second-order valence-electron chi connectivity index (χ2n) is 5.21. The Hall–Kier alpha value is -3.23. The van der Waals surface area contributed by atoms with E-state index in [9.17, 15) is 9.59 Å². The maximum Gasteiger partial charge on any atom is 0.340 e. The van der Waals surface area contributed by atoms with Gasteiger partial charge < -0.3 is 21.1 Å². The van der Waals surface area contributed by atoms with E-state index in [2.05, 4.69) is 15.0 Å². The lowest BCUT2D eigenvalue weighted by atomic mass is 10.1. The Balaban J connectivity index is 1.77. The molecule has 3 rings (SSSR count). The highest BCUT2D eigenvalue weighted by atomic mass is 16.5. The van der Waals surface area contributed by atoms with Crippen LogP contribution in [-0.4, -0.2) is 33.4 Å². The number of carbonyl (C=O) groups excluding carboxylic acids is 2. The summed E-state index contributed by atoms with van der Waals surface area (Å²) < 4.78 is 5.22. The van der Waals surface area contributed by atoms with Crippen LogP contribution in [0.3, 0.4) is 0 Å². The number of hydrogen-bond donors (Lipinski definition) is 2. The highest BCUT2D eigenvalue weighted by molar-refractivity contribution is 6.03. The molecule has 124 valence electrons. The largest absolute Gasteiger partial charge is 0.454 e. The van der Waals surface area contributed by atoms with Crippen LogP contribution in [0.15, 0.2) is 24.3 Å². The van der Waals surface area contributed by atoms with Crippen molar-refractivity contribution < 1.29 is 14.3 Å². The lowest BCUT2D eigenvalue weighted by Gasteiger charge is -2.18. The number of hydrogen-bond acceptors (Lipinski definition) is 8. The summed E-state index contributed by atoms with van der Waals surface area (Å²) in [5.74, 6) is -0.521. The third kappa shape index (κ3) is 3.24. The number of carbonyl (C=O) groups is 2. The van der Waals surface area contributed by atoms with Crippen LogP contribution in [0.1, 0.15) is 29.0 Å². The molecule has 9 heteroatoms. The fourth-order valence-corrected chi connectivity index (χ4v) is 2.51. The molecular weight excluding hydrogens is 312 g/mol. The molecule has 0 bridgehead atoms. The lowest BCUT2D eigenvalue weighted by Crippen LogP contribution is -2.26. The number of benzene rings is 1. The SMILES string of the molecule is Nc1nc(N)nc(COC(=O)c2ccccc2N2CCCC2=O)n1. The Labute approximate surface area is 137 Å². The number of anilines is 3. The van der Waals surface area contributed by atoms with Crippen molar-refractivity contribution in [2.24, 2.45) is 0 Å². The van der Waals surface area contributed by atoms with Gasteiger partial charge in [-0.15, -0.1) is 0 Å². The van der Waals surface area contributed by atoms with E-state index in [-0.39, 0.29) is 30.2 Å². The molecule has 1 aliphatic heterocycles. The van der Waals surface area contributed by atoms with Gasteiger partial charge in [-0.05, 0) is 18.6 Å². The second kappa shape index (κ2) is 6.49. The highest BCUT2D eigenvalue weighted by Gasteiger charge is 2.26. The van der Waals surface area contributed by atoms with Crippen LogP contribution in [-0.2, 0) is 16.1 Å². The molecule has 9 nitrogen and oxygen atoms in total. The molecule has 0 atom stereocenters. The third-order valence-electron chi connectivity index (χ3n) is 3.54. The van der Waals surface area contributed by atoms with Crippen LogP contribution in [0.2, 0.25) is 0 Å². The molecule has 0 unspecified atom stereocenters. The van der Waals surface area contributed by atoms with Gasteiger partial charge in [0.2, 0.25) is 17.8 Å². The van der Waals surface area contributed by atoms with Gasteiger partial charge in [0.1, 0.15) is 0 Å². The van der Waals surface area contributed by atoms with Crippen LogP contribution in [0.4, 0.5) is 17.6 Å². The maximum atomic E-state index is 12.4. The number of amides is 1. The monoisotopic (exact) mass is 328 g/mol. The zero-order valence-corrected chi connectivity index (χ0v) is 12.8. The van der Waals surface area contributed by atoms with E-state index in [0.717, 1.165) is 6.42 Å². The van der Waals surface area contributed by atoms with Gasteiger partial charge in [-0.25, -0.2) is 4.79 Å². The van der Waals surface area contributed by atoms with Crippen molar-refractivity contribution in [2.45, 2.75) is 19.4 Å². The van der Waals surface area contributed by atoms with E-state index < -0.39 is 5.97 Å². The topological polar surface area (TPSA) is 137 Å². The molecule has 1 amide bonds. The molecule has 0 saturated carbocycles. The van der Waals surface area contributed by atoms with Gasteiger partial charge in [-0.1, -0.05) is 12.1 Å². The van der Waals surface area contributed by atoms with Crippen LogP contribution >= 0.6 is 0 Å². The predicted octanol–water partition coefficient (Wildman–Crippen LogP) is 0.520. The summed E-state index contributed by atoms with van der Waals surface area (Å²) in [6, 6.07) is 6.81. The first-order chi connectivity index (χ1) is 11.5. The van der Waals surface area contributed by atoms with Gasteiger partial charge in [0.25, 0.3) is 0 Å². The van der Waals surface area contributed by atoms with Crippen molar-refractivity contribution in [2.75, 3.05) is 22.9 Å². The van der Waals surface area contributed by atoms with Crippen LogP contribution in [0.5, 0.6) is 0 Å². The number of rotatable bonds is 4. The summed E-state index contributed by atoms with van der Waals surface area (Å²) in [7, 11) is 0. The number of para-hydroxylation sites is 1. The Morgan fingerprint density at radius 1 is 1.17 bits per heavy atom. The number of aromatic nitrogens is 3. The average molecular weight is 328 g/mol. The number of nitrogens with zero attached hydrogens (tertiary/aromatic N) is 4. The molecule has 2 aromatic rings. The van der Waals surface area contributed by atoms with E-state index in [4.69, 9.17) is 16.2 Å². The van der Waals surface area contributed by atoms with Crippen LogP contribution in [0.25, 0.3) is 0 Å². The first kappa shape index (κ1) is 15.7. The molecule has 1 fully saturated rings. The fourth-order valence-electron chi connectivity index (χ4n) is 2.51. The molecule has 2 heterocycles. The maximum absolute atomic E-state index is 12.4. The minimum absolute atomic E-state index is 0.00624. The summed E-state index contributed by atoms with van der Waals surface area (Å²) >= 11 is 0. The number of nitrogens with two attached hydrogens (primary N) is 2. The van der Waals surface area contributed by atoms with Gasteiger partial charge >= 0.3 is 5.97 Å². The fraction of sp³-hybridized carbons (Fsp3) is 0.267. The van der Waals surface area contributed by atoms with Crippen molar-refractivity contribution in [3.8, 4) is 0 Å². The zero-order valence-electron chi connectivity index (χ0n) is 12.8. The van der Waals surface area contributed by atoms with E-state index in [0.29, 0.717) is 24.2 Å². The number of esters is 1. The lowest BCUT2D eigenvalue weighted by molar-refractivity contribution is -0.117. The highest BCUT2D eigenvalue weighted by Crippen LogP contribution is 2.26. The zero-order chi connectivity index (χ0) is 17.1. The molecule has 1 aromatic carbocycles. The predicted molar refractivity (Wildman–Crippen MR) is 85.8 cm³/mol. The van der Waals surface area contributed by atoms with E-state index in [1.165, 1.54) is 0 Å². The Morgan fingerprint density at radius 3 is 2.54 bits per heavy atom. The summed E-state index contributed by atoms with van der Waals surface area (Å²) in [5, 5.41) is 0. The minimum atomic E-state index is -0.581.